The molecule has 8 nitrogen and oxygen atoms in total. The maximum Gasteiger partial charge on any atom is 0.262 e. The first-order chi connectivity index (χ1) is 13.6. The number of aromatic nitrogens is 5. The normalized spacial score (nSPS) is 10.9. The van der Waals surface area contributed by atoms with E-state index in [-0.39, 0.29) is 0 Å². The van der Waals surface area contributed by atoms with E-state index in [1.807, 2.05) is 44.2 Å². The molecule has 0 aliphatic carbocycles. The second-order valence-corrected chi connectivity index (χ2v) is 6.26. The Morgan fingerprint density at radius 2 is 1.75 bits per heavy atom. The lowest BCUT2D eigenvalue weighted by atomic mass is 10.2. The molecular weight excluding hydrogens is 358 g/mol. The molecule has 0 N–H and O–H groups in total. The highest BCUT2D eigenvalue weighted by Crippen LogP contribution is 2.33. The number of benzene rings is 2. The van der Waals surface area contributed by atoms with Crippen LogP contribution < -0.4 is 9.47 Å². The molecule has 2 heterocycles. The van der Waals surface area contributed by atoms with Crippen LogP contribution in [0.2, 0.25) is 0 Å². The predicted molar refractivity (Wildman–Crippen MR) is 103 cm³/mol. The van der Waals surface area contributed by atoms with Crippen molar-refractivity contribution in [2.24, 2.45) is 0 Å². The van der Waals surface area contributed by atoms with Crippen LogP contribution in [-0.4, -0.2) is 39.4 Å². The van der Waals surface area contributed by atoms with Gasteiger partial charge in [-0.05, 0) is 38.1 Å². The molecule has 0 saturated heterocycles. The minimum Gasteiger partial charge on any atom is -0.497 e. The minimum atomic E-state index is 0.332. The second kappa shape index (κ2) is 7.15. The van der Waals surface area contributed by atoms with Gasteiger partial charge in [0.25, 0.3) is 5.89 Å². The van der Waals surface area contributed by atoms with Gasteiger partial charge in [-0.2, -0.15) is 4.98 Å². The van der Waals surface area contributed by atoms with Crippen LogP contribution in [0.1, 0.15) is 11.3 Å². The molecular formula is C20H19N5O3. The van der Waals surface area contributed by atoms with E-state index in [1.165, 1.54) is 5.56 Å². The molecule has 28 heavy (non-hydrogen) atoms. The Balaban J connectivity index is 1.70. The van der Waals surface area contributed by atoms with Crippen LogP contribution in [-0.2, 0) is 0 Å². The number of hydrogen-bond acceptors (Lipinski definition) is 7. The van der Waals surface area contributed by atoms with Gasteiger partial charge in [0, 0.05) is 6.07 Å². The zero-order valence-electron chi connectivity index (χ0n) is 16.0. The predicted octanol–water partition coefficient (Wildman–Crippen LogP) is 3.62. The van der Waals surface area contributed by atoms with Crippen LogP contribution in [0.4, 0.5) is 0 Å². The van der Waals surface area contributed by atoms with Gasteiger partial charge in [0.1, 0.15) is 11.5 Å². The molecule has 0 spiro atoms. The van der Waals surface area contributed by atoms with Gasteiger partial charge in [0.2, 0.25) is 5.82 Å². The highest BCUT2D eigenvalue weighted by molar-refractivity contribution is 5.66. The molecule has 0 saturated carbocycles. The van der Waals surface area contributed by atoms with Crippen molar-refractivity contribution >= 4 is 0 Å². The lowest BCUT2D eigenvalue weighted by molar-refractivity contribution is 0.391. The van der Waals surface area contributed by atoms with Crippen LogP contribution in [0, 0.1) is 13.8 Å². The average molecular weight is 377 g/mol. The quantitative estimate of drug-likeness (QED) is 0.525. The standard InChI is InChI=1S/C20H19N5O3/c1-12-5-7-14(8-6-12)25-13(2)18(22-24-25)19-21-20(28-23-19)16-10-9-15(26-3)11-17(16)27-4/h5-11H,1-4H3. The fourth-order valence-corrected chi connectivity index (χ4v) is 2.87. The number of methoxy groups -OCH3 is 2. The van der Waals surface area contributed by atoms with E-state index in [4.69, 9.17) is 14.0 Å². The Morgan fingerprint density at radius 1 is 0.964 bits per heavy atom. The third-order valence-electron chi connectivity index (χ3n) is 4.45. The van der Waals surface area contributed by atoms with E-state index >= 15 is 0 Å². The summed E-state index contributed by atoms with van der Waals surface area (Å²) in [6.45, 7) is 3.96. The van der Waals surface area contributed by atoms with Crippen molar-refractivity contribution in [3.63, 3.8) is 0 Å². The number of rotatable bonds is 5. The monoisotopic (exact) mass is 377 g/mol. The van der Waals surface area contributed by atoms with E-state index in [0.29, 0.717) is 34.5 Å². The summed E-state index contributed by atoms with van der Waals surface area (Å²) in [5.41, 5.74) is 4.15. The highest BCUT2D eigenvalue weighted by atomic mass is 16.5. The van der Waals surface area contributed by atoms with Gasteiger partial charge in [-0.3, -0.25) is 0 Å². The first kappa shape index (κ1) is 17.7. The zero-order valence-corrected chi connectivity index (χ0v) is 16.0. The molecule has 0 aliphatic rings. The zero-order chi connectivity index (χ0) is 19.7. The van der Waals surface area contributed by atoms with E-state index in [0.717, 1.165) is 11.4 Å². The third kappa shape index (κ3) is 3.09. The number of ether oxygens (including phenoxy) is 2. The molecule has 0 fully saturated rings. The molecule has 0 radical (unpaired) electrons. The second-order valence-electron chi connectivity index (χ2n) is 6.26. The molecule has 8 heteroatoms. The lowest BCUT2D eigenvalue weighted by Crippen LogP contribution is -1.99. The number of nitrogens with zero attached hydrogens (tertiary/aromatic N) is 5. The van der Waals surface area contributed by atoms with E-state index in [2.05, 4.69) is 20.5 Å². The topological polar surface area (TPSA) is 88.1 Å². The largest absolute Gasteiger partial charge is 0.497 e. The molecule has 2 aromatic heterocycles. The van der Waals surface area contributed by atoms with Crippen molar-refractivity contribution in [1.29, 1.82) is 0 Å². The van der Waals surface area contributed by atoms with Crippen molar-refractivity contribution in [3.8, 4) is 40.2 Å². The van der Waals surface area contributed by atoms with Gasteiger partial charge >= 0.3 is 0 Å². The first-order valence-corrected chi connectivity index (χ1v) is 8.66. The highest BCUT2D eigenvalue weighted by Gasteiger charge is 2.20. The Morgan fingerprint density at radius 3 is 2.46 bits per heavy atom. The van der Waals surface area contributed by atoms with Crippen LogP contribution in [0.5, 0.6) is 11.5 Å². The SMILES string of the molecule is COc1ccc(-c2nc(-c3nnn(-c4ccc(C)cc4)c3C)no2)c(OC)c1. The van der Waals surface area contributed by atoms with Crippen LogP contribution in [0.25, 0.3) is 28.7 Å². The van der Waals surface area contributed by atoms with Gasteiger partial charge in [-0.1, -0.05) is 28.1 Å². The summed E-state index contributed by atoms with van der Waals surface area (Å²) in [6, 6.07) is 13.4. The van der Waals surface area contributed by atoms with Crippen LogP contribution in [0.3, 0.4) is 0 Å². The maximum atomic E-state index is 5.45. The summed E-state index contributed by atoms with van der Waals surface area (Å²) < 4.78 is 17.8. The van der Waals surface area contributed by atoms with Gasteiger partial charge < -0.3 is 14.0 Å². The number of aryl methyl sites for hydroxylation is 1. The van der Waals surface area contributed by atoms with Crippen molar-refractivity contribution in [1.82, 2.24) is 25.1 Å². The van der Waals surface area contributed by atoms with E-state index in [1.54, 1.807) is 31.0 Å². The Hall–Kier alpha value is -3.68. The van der Waals surface area contributed by atoms with Gasteiger partial charge in [0.05, 0.1) is 31.2 Å². The Kier molecular flexibility index (Phi) is 4.52. The average Bonchev–Trinajstić information content (AvgIpc) is 3.35. The first-order valence-electron chi connectivity index (χ1n) is 8.66. The maximum absolute atomic E-state index is 5.45. The molecule has 0 atom stereocenters. The summed E-state index contributed by atoms with van der Waals surface area (Å²) >= 11 is 0. The molecule has 4 rings (SSSR count). The van der Waals surface area contributed by atoms with Crippen LogP contribution >= 0.6 is 0 Å². The van der Waals surface area contributed by atoms with Crippen molar-refractivity contribution in [2.45, 2.75) is 13.8 Å². The number of hydrogen-bond donors (Lipinski definition) is 0. The van der Waals surface area contributed by atoms with Gasteiger partial charge in [0.15, 0.2) is 5.69 Å². The summed E-state index contributed by atoms with van der Waals surface area (Å²) in [5, 5.41) is 12.5. The smallest absolute Gasteiger partial charge is 0.262 e. The summed E-state index contributed by atoms with van der Waals surface area (Å²) in [4.78, 5) is 4.48. The molecule has 0 unspecified atom stereocenters. The Bertz CT molecular complexity index is 1120. The summed E-state index contributed by atoms with van der Waals surface area (Å²) in [6.07, 6.45) is 0. The van der Waals surface area contributed by atoms with E-state index in [9.17, 15) is 0 Å². The molecule has 142 valence electrons. The molecule has 0 aliphatic heterocycles. The molecule has 2 aromatic carbocycles. The summed E-state index contributed by atoms with van der Waals surface area (Å²) in [7, 11) is 3.17. The fraction of sp³-hybridized carbons (Fsp3) is 0.200. The lowest BCUT2D eigenvalue weighted by Gasteiger charge is -2.06. The molecule has 0 amide bonds. The Labute approximate surface area is 161 Å². The van der Waals surface area contributed by atoms with Crippen molar-refractivity contribution in [3.05, 3.63) is 53.7 Å². The van der Waals surface area contributed by atoms with E-state index < -0.39 is 0 Å². The fourth-order valence-electron chi connectivity index (χ4n) is 2.87. The van der Waals surface area contributed by atoms with Crippen LogP contribution in [0.15, 0.2) is 47.0 Å². The van der Waals surface area contributed by atoms with Crippen molar-refractivity contribution in [2.75, 3.05) is 14.2 Å². The van der Waals surface area contributed by atoms with Crippen molar-refractivity contribution < 1.29 is 14.0 Å². The summed E-state index contributed by atoms with van der Waals surface area (Å²) in [5.74, 6) is 1.95. The minimum absolute atomic E-state index is 0.332. The van der Waals surface area contributed by atoms with Gasteiger partial charge in [-0.25, -0.2) is 4.68 Å². The van der Waals surface area contributed by atoms with Gasteiger partial charge in [-0.15, -0.1) is 5.10 Å². The molecule has 0 bridgehead atoms. The molecule has 4 aromatic rings. The third-order valence-corrected chi connectivity index (χ3v) is 4.45.